The molecule has 7 heteroatoms. The lowest BCUT2D eigenvalue weighted by Crippen LogP contribution is -2.40. The number of ether oxygens (including phenoxy) is 2. The second kappa shape index (κ2) is 6.15. The van der Waals surface area contributed by atoms with E-state index in [-0.39, 0.29) is 11.3 Å². The van der Waals surface area contributed by atoms with Crippen LogP contribution in [-0.2, 0) is 4.74 Å². The first-order valence-electron chi connectivity index (χ1n) is 6.05. The van der Waals surface area contributed by atoms with Crippen LogP contribution >= 0.6 is 11.6 Å². The Morgan fingerprint density at radius 1 is 1.33 bits per heavy atom. The molecule has 2 rings (SSSR count). The van der Waals surface area contributed by atoms with Crippen LogP contribution in [0.5, 0.6) is 6.01 Å². The van der Waals surface area contributed by atoms with Gasteiger partial charge in [0.15, 0.2) is 0 Å². The first-order chi connectivity index (χ1) is 8.71. The van der Waals surface area contributed by atoms with Gasteiger partial charge < -0.3 is 14.8 Å². The molecule has 0 aromatic carbocycles. The molecular weight excluding hydrogens is 256 g/mol. The first kappa shape index (κ1) is 13.3. The van der Waals surface area contributed by atoms with Crippen molar-refractivity contribution < 1.29 is 9.47 Å². The molecule has 1 aliphatic rings. The average molecular weight is 273 g/mol. The van der Waals surface area contributed by atoms with Crippen molar-refractivity contribution in [1.29, 1.82) is 0 Å². The topological polar surface area (TPSA) is 69.2 Å². The van der Waals surface area contributed by atoms with Gasteiger partial charge in [-0.15, -0.1) is 0 Å². The summed E-state index contributed by atoms with van der Waals surface area (Å²) in [5, 5.41) is 3.33. The molecule has 1 heterocycles. The quantitative estimate of drug-likeness (QED) is 0.853. The number of hydrogen-bond donors (Lipinski definition) is 1. The molecule has 1 N–H and O–H groups in total. The summed E-state index contributed by atoms with van der Waals surface area (Å²) in [5.41, 5.74) is 0. The van der Waals surface area contributed by atoms with Crippen LogP contribution < -0.4 is 10.1 Å². The smallest absolute Gasteiger partial charge is 0.322 e. The fraction of sp³-hybridized carbons (Fsp3) is 0.727. The van der Waals surface area contributed by atoms with E-state index in [1.54, 1.807) is 7.11 Å². The predicted molar refractivity (Wildman–Crippen MR) is 68.1 cm³/mol. The van der Waals surface area contributed by atoms with Crippen molar-refractivity contribution in [2.45, 2.75) is 38.3 Å². The molecule has 0 atom stereocenters. The Kier molecular flexibility index (Phi) is 4.54. The lowest BCUT2D eigenvalue weighted by atomic mass is 9.89. The number of aromatic nitrogens is 3. The minimum absolute atomic E-state index is 0.140. The number of rotatable bonds is 6. The molecule has 18 heavy (non-hydrogen) atoms. The van der Waals surface area contributed by atoms with Gasteiger partial charge in [-0.25, -0.2) is 0 Å². The van der Waals surface area contributed by atoms with Gasteiger partial charge in [0.2, 0.25) is 11.2 Å². The summed E-state index contributed by atoms with van der Waals surface area (Å²) in [4.78, 5) is 12.1. The van der Waals surface area contributed by atoms with E-state index in [1.807, 2.05) is 6.92 Å². The molecule has 0 aliphatic heterocycles. The van der Waals surface area contributed by atoms with Crippen molar-refractivity contribution >= 4 is 17.5 Å². The van der Waals surface area contributed by atoms with E-state index in [0.717, 1.165) is 19.3 Å². The molecule has 1 aromatic heterocycles. The van der Waals surface area contributed by atoms with Gasteiger partial charge in [-0.2, -0.15) is 15.0 Å². The zero-order valence-corrected chi connectivity index (χ0v) is 11.3. The Bertz CT molecular complexity index is 399. The number of anilines is 1. The highest BCUT2D eigenvalue weighted by Gasteiger charge is 2.29. The van der Waals surface area contributed by atoms with E-state index in [0.29, 0.717) is 24.7 Å². The van der Waals surface area contributed by atoms with Crippen LogP contribution in [0.3, 0.4) is 0 Å². The van der Waals surface area contributed by atoms with E-state index in [4.69, 9.17) is 21.1 Å². The molecule has 0 bridgehead atoms. The molecule has 0 radical (unpaired) electrons. The Labute approximate surface area is 111 Å². The molecule has 100 valence electrons. The molecule has 1 aromatic rings. The second-order valence-corrected chi connectivity index (χ2v) is 4.57. The van der Waals surface area contributed by atoms with Gasteiger partial charge in [-0.1, -0.05) is 6.92 Å². The molecule has 0 spiro atoms. The minimum Gasteiger partial charge on any atom is -0.463 e. The lowest BCUT2D eigenvalue weighted by molar-refractivity contribution is 0.0327. The molecule has 0 saturated heterocycles. The number of methoxy groups -OCH3 is 1. The van der Waals surface area contributed by atoms with Crippen LogP contribution in [0, 0.1) is 0 Å². The third kappa shape index (κ3) is 3.43. The highest BCUT2D eigenvalue weighted by molar-refractivity contribution is 6.28. The zero-order chi connectivity index (χ0) is 13.0. The summed E-state index contributed by atoms with van der Waals surface area (Å²) >= 11 is 5.82. The Balaban J connectivity index is 1.93. The lowest BCUT2D eigenvalue weighted by Gasteiger charge is -2.34. The molecule has 0 unspecified atom stereocenters. The largest absolute Gasteiger partial charge is 0.463 e. The van der Waals surface area contributed by atoms with Crippen molar-refractivity contribution in [3.63, 3.8) is 0 Å². The standard InChI is InChI=1S/C11H17ClN4O2/c1-3-4-18-11-15-9(12)14-10(16-11)13-7-5-8(6-7)17-2/h7-8H,3-6H2,1-2H3,(H,13,14,15,16). The first-order valence-corrected chi connectivity index (χ1v) is 6.42. The molecule has 0 amide bonds. The highest BCUT2D eigenvalue weighted by atomic mass is 35.5. The molecule has 6 nitrogen and oxygen atoms in total. The molecule has 1 saturated carbocycles. The van der Waals surface area contributed by atoms with E-state index >= 15 is 0 Å². The fourth-order valence-corrected chi connectivity index (χ4v) is 1.87. The third-order valence-electron chi connectivity index (χ3n) is 2.78. The van der Waals surface area contributed by atoms with Crippen molar-refractivity contribution in [1.82, 2.24) is 15.0 Å². The van der Waals surface area contributed by atoms with Crippen molar-refractivity contribution in [2.75, 3.05) is 19.0 Å². The van der Waals surface area contributed by atoms with E-state index in [9.17, 15) is 0 Å². The maximum Gasteiger partial charge on any atom is 0.322 e. The van der Waals surface area contributed by atoms with Crippen LogP contribution in [0.4, 0.5) is 5.95 Å². The summed E-state index contributed by atoms with van der Waals surface area (Å²) in [6.07, 6.45) is 3.12. The Hall–Kier alpha value is -1.14. The van der Waals surface area contributed by atoms with Gasteiger partial charge in [-0.3, -0.25) is 0 Å². The Morgan fingerprint density at radius 2 is 2.11 bits per heavy atom. The van der Waals surface area contributed by atoms with Gasteiger partial charge in [0.1, 0.15) is 0 Å². The van der Waals surface area contributed by atoms with Crippen LogP contribution in [0.15, 0.2) is 0 Å². The van der Waals surface area contributed by atoms with Crippen LogP contribution in [-0.4, -0.2) is 40.8 Å². The molecule has 1 fully saturated rings. The number of nitrogens with zero attached hydrogens (tertiary/aromatic N) is 3. The van der Waals surface area contributed by atoms with E-state index < -0.39 is 0 Å². The van der Waals surface area contributed by atoms with Crippen LogP contribution in [0.25, 0.3) is 0 Å². The second-order valence-electron chi connectivity index (χ2n) is 4.23. The maximum absolute atomic E-state index is 5.82. The monoisotopic (exact) mass is 272 g/mol. The number of hydrogen-bond acceptors (Lipinski definition) is 6. The predicted octanol–water partition coefficient (Wildman–Crippen LogP) is 1.90. The third-order valence-corrected chi connectivity index (χ3v) is 2.95. The van der Waals surface area contributed by atoms with Crippen molar-refractivity contribution in [2.24, 2.45) is 0 Å². The summed E-state index contributed by atoms with van der Waals surface area (Å²) in [5.74, 6) is 0.459. The Morgan fingerprint density at radius 3 is 2.78 bits per heavy atom. The number of halogens is 1. The van der Waals surface area contributed by atoms with Gasteiger partial charge in [0.05, 0.1) is 12.7 Å². The van der Waals surface area contributed by atoms with E-state index in [2.05, 4.69) is 20.3 Å². The van der Waals surface area contributed by atoms with E-state index in [1.165, 1.54) is 0 Å². The van der Waals surface area contributed by atoms with Crippen LogP contribution in [0.2, 0.25) is 5.28 Å². The summed E-state index contributed by atoms with van der Waals surface area (Å²) in [6, 6.07) is 0.592. The fourth-order valence-electron chi connectivity index (χ4n) is 1.71. The summed E-state index contributed by atoms with van der Waals surface area (Å²) in [6.45, 7) is 2.58. The van der Waals surface area contributed by atoms with Gasteiger partial charge in [0.25, 0.3) is 0 Å². The summed E-state index contributed by atoms with van der Waals surface area (Å²) < 4.78 is 10.6. The van der Waals surface area contributed by atoms with Crippen molar-refractivity contribution in [3.8, 4) is 6.01 Å². The van der Waals surface area contributed by atoms with Gasteiger partial charge in [-0.05, 0) is 30.9 Å². The highest BCUT2D eigenvalue weighted by Crippen LogP contribution is 2.25. The molecule has 1 aliphatic carbocycles. The van der Waals surface area contributed by atoms with Gasteiger partial charge in [0, 0.05) is 13.2 Å². The summed E-state index contributed by atoms with van der Waals surface area (Å²) in [7, 11) is 1.72. The SMILES string of the molecule is CCCOc1nc(Cl)nc(NC2CC(OC)C2)n1. The van der Waals surface area contributed by atoms with Crippen molar-refractivity contribution in [3.05, 3.63) is 5.28 Å². The molecular formula is C11H17ClN4O2. The van der Waals surface area contributed by atoms with Crippen LogP contribution in [0.1, 0.15) is 26.2 Å². The zero-order valence-electron chi connectivity index (χ0n) is 10.5. The number of nitrogens with one attached hydrogen (secondary N) is 1. The van der Waals surface area contributed by atoms with Gasteiger partial charge >= 0.3 is 6.01 Å². The average Bonchev–Trinajstić information content (AvgIpc) is 2.30. The maximum atomic E-state index is 5.82. The normalized spacial score (nSPS) is 22.4. The minimum atomic E-state index is 0.140.